The van der Waals surface area contributed by atoms with Crippen LogP contribution in [0.2, 0.25) is 0 Å². The summed E-state index contributed by atoms with van der Waals surface area (Å²) in [4.78, 5) is 4.78. The number of hydrogen-bond acceptors (Lipinski definition) is 3. The van der Waals surface area contributed by atoms with Gasteiger partial charge in [0.25, 0.3) is 0 Å². The highest BCUT2D eigenvalue weighted by atomic mass is 32.1. The van der Waals surface area contributed by atoms with E-state index in [1.807, 2.05) is 6.07 Å². The van der Waals surface area contributed by atoms with Gasteiger partial charge in [-0.15, -0.1) is 0 Å². The molecule has 2 aromatic carbocycles. The molecule has 0 aliphatic heterocycles. The van der Waals surface area contributed by atoms with Gasteiger partial charge < -0.3 is 5.32 Å². The number of nitrogens with one attached hydrogen (secondary N) is 1. The molecule has 2 aromatic heterocycles. The molecule has 4 aromatic rings. The monoisotopic (exact) mass is 333 g/mol. The fraction of sp³-hybridized carbons (Fsp3) is 0.150. The Bertz CT molecular complexity index is 953. The van der Waals surface area contributed by atoms with Crippen LogP contribution < -0.4 is 5.32 Å². The Kier molecular flexibility index (Phi) is 4.15. The van der Waals surface area contributed by atoms with E-state index in [4.69, 9.17) is 4.98 Å². The molecule has 120 valence electrons. The first-order valence-electron chi connectivity index (χ1n) is 8.08. The van der Waals surface area contributed by atoms with Gasteiger partial charge in [0.15, 0.2) is 5.13 Å². The van der Waals surface area contributed by atoms with E-state index < -0.39 is 0 Å². The first kappa shape index (κ1) is 15.1. The average molecular weight is 333 g/mol. The van der Waals surface area contributed by atoms with Crippen molar-refractivity contribution in [1.29, 1.82) is 0 Å². The largest absolute Gasteiger partial charge is 0.307 e. The van der Waals surface area contributed by atoms with Crippen molar-refractivity contribution in [2.45, 2.75) is 20.0 Å². The maximum absolute atomic E-state index is 4.78. The minimum Gasteiger partial charge on any atom is -0.307 e. The number of nitrogens with zero attached hydrogens (tertiary/aromatic N) is 2. The van der Waals surface area contributed by atoms with Crippen LogP contribution in [0.5, 0.6) is 0 Å². The van der Waals surface area contributed by atoms with Crippen LogP contribution in [0.3, 0.4) is 0 Å². The predicted molar refractivity (Wildman–Crippen MR) is 101 cm³/mol. The van der Waals surface area contributed by atoms with Crippen molar-refractivity contribution in [1.82, 2.24) is 14.9 Å². The Hall–Kier alpha value is -2.43. The maximum Gasteiger partial charge on any atom is 0.194 e. The summed E-state index contributed by atoms with van der Waals surface area (Å²) in [6.07, 6.45) is 2.09. The van der Waals surface area contributed by atoms with Gasteiger partial charge >= 0.3 is 0 Å². The Balaban J connectivity index is 1.53. The van der Waals surface area contributed by atoms with E-state index in [2.05, 4.69) is 77.6 Å². The average Bonchev–Trinajstić information content (AvgIpc) is 3.21. The van der Waals surface area contributed by atoms with Crippen molar-refractivity contribution >= 4 is 21.6 Å². The molecule has 0 aliphatic carbocycles. The number of fused-ring (bicyclic) bond motifs is 1. The third kappa shape index (κ3) is 3.11. The minimum atomic E-state index is 0.816. The number of thiazole rings is 1. The third-order valence-corrected chi connectivity index (χ3v) is 5.07. The Labute approximate surface area is 145 Å². The lowest BCUT2D eigenvalue weighted by Crippen LogP contribution is -2.15. The molecule has 0 bridgehead atoms. The van der Waals surface area contributed by atoms with Gasteiger partial charge in [-0.3, -0.25) is 4.57 Å². The molecule has 2 heterocycles. The van der Waals surface area contributed by atoms with E-state index in [1.165, 1.54) is 21.5 Å². The molecule has 0 aliphatic rings. The number of benzene rings is 2. The van der Waals surface area contributed by atoms with Gasteiger partial charge in [-0.2, -0.15) is 0 Å². The molecule has 0 radical (unpaired) electrons. The van der Waals surface area contributed by atoms with Crippen LogP contribution >= 0.6 is 11.3 Å². The van der Waals surface area contributed by atoms with E-state index >= 15 is 0 Å². The smallest absolute Gasteiger partial charge is 0.194 e. The molecule has 4 heteroatoms. The zero-order valence-electron chi connectivity index (χ0n) is 13.6. The fourth-order valence-corrected chi connectivity index (χ4v) is 3.88. The zero-order chi connectivity index (χ0) is 16.4. The van der Waals surface area contributed by atoms with E-state index in [1.54, 1.807) is 11.3 Å². The lowest BCUT2D eigenvalue weighted by molar-refractivity contribution is 0.669. The number of aryl methyl sites for hydroxylation is 1. The molecule has 0 unspecified atom stereocenters. The molecule has 0 saturated carbocycles. The molecule has 0 amide bonds. The normalized spacial score (nSPS) is 11.2. The van der Waals surface area contributed by atoms with Crippen LogP contribution in [-0.4, -0.2) is 9.55 Å². The molecule has 24 heavy (non-hydrogen) atoms. The van der Waals surface area contributed by atoms with Crippen LogP contribution in [0.4, 0.5) is 0 Å². The van der Waals surface area contributed by atoms with Gasteiger partial charge in [0, 0.05) is 25.0 Å². The lowest BCUT2D eigenvalue weighted by atomic mass is 10.2. The Morgan fingerprint density at radius 1 is 1.00 bits per heavy atom. The van der Waals surface area contributed by atoms with Crippen molar-refractivity contribution in [3.8, 4) is 5.13 Å². The van der Waals surface area contributed by atoms with E-state index in [0.717, 1.165) is 23.7 Å². The summed E-state index contributed by atoms with van der Waals surface area (Å²) in [7, 11) is 0. The van der Waals surface area contributed by atoms with Gasteiger partial charge in [-0.05, 0) is 42.3 Å². The van der Waals surface area contributed by atoms with Crippen molar-refractivity contribution in [3.63, 3.8) is 0 Å². The van der Waals surface area contributed by atoms with Gasteiger partial charge in [0.1, 0.15) is 0 Å². The Morgan fingerprint density at radius 2 is 1.88 bits per heavy atom. The molecule has 3 nitrogen and oxygen atoms in total. The SMILES string of the molecule is Cc1ccc2nc(-n3cccc3CNCc3ccccc3)sc2c1. The second-order valence-electron chi connectivity index (χ2n) is 5.93. The summed E-state index contributed by atoms with van der Waals surface area (Å²) in [5.41, 5.74) is 4.86. The lowest BCUT2D eigenvalue weighted by Gasteiger charge is -2.07. The number of aromatic nitrogens is 2. The highest BCUT2D eigenvalue weighted by molar-refractivity contribution is 7.20. The first-order chi connectivity index (χ1) is 11.8. The van der Waals surface area contributed by atoms with Gasteiger partial charge in [-0.1, -0.05) is 47.7 Å². The van der Waals surface area contributed by atoms with Gasteiger partial charge in [0.05, 0.1) is 10.2 Å². The highest BCUT2D eigenvalue weighted by Gasteiger charge is 2.09. The maximum atomic E-state index is 4.78. The summed E-state index contributed by atoms with van der Waals surface area (Å²) in [6, 6.07) is 21.1. The van der Waals surface area contributed by atoms with E-state index in [-0.39, 0.29) is 0 Å². The topological polar surface area (TPSA) is 29.9 Å². The van der Waals surface area contributed by atoms with Gasteiger partial charge in [0.2, 0.25) is 0 Å². The van der Waals surface area contributed by atoms with Crippen molar-refractivity contribution in [3.05, 3.63) is 83.7 Å². The Morgan fingerprint density at radius 3 is 2.75 bits per heavy atom. The van der Waals surface area contributed by atoms with Crippen LogP contribution in [0, 0.1) is 6.92 Å². The van der Waals surface area contributed by atoms with Crippen molar-refractivity contribution < 1.29 is 0 Å². The summed E-state index contributed by atoms with van der Waals surface area (Å²) < 4.78 is 3.42. The third-order valence-electron chi connectivity index (χ3n) is 4.05. The summed E-state index contributed by atoms with van der Waals surface area (Å²) in [6.45, 7) is 3.80. The predicted octanol–water partition coefficient (Wildman–Crippen LogP) is 4.69. The number of rotatable bonds is 5. The molecule has 0 saturated heterocycles. The van der Waals surface area contributed by atoms with E-state index in [9.17, 15) is 0 Å². The fourth-order valence-electron chi connectivity index (χ4n) is 2.80. The van der Waals surface area contributed by atoms with E-state index in [0.29, 0.717) is 0 Å². The minimum absolute atomic E-state index is 0.816. The highest BCUT2D eigenvalue weighted by Crippen LogP contribution is 2.26. The quantitative estimate of drug-likeness (QED) is 0.574. The first-order valence-corrected chi connectivity index (χ1v) is 8.90. The van der Waals surface area contributed by atoms with Crippen LogP contribution in [-0.2, 0) is 13.1 Å². The molecule has 0 fully saturated rings. The van der Waals surface area contributed by atoms with Gasteiger partial charge in [-0.25, -0.2) is 4.98 Å². The molecular weight excluding hydrogens is 314 g/mol. The van der Waals surface area contributed by atoms with Crippen molar-refractivity contribution in [2.75, 3.05) is 0 Å². The zero-order valence-corrected chi connectivity index (χ0v) is 14.4. The molecule has 0 spiro atoms. The molecular formula is C20H19N3S. The number of hydrogen-bond donors (Lipinski definition) is 1. The summed E-state index contributed by atoms with van der Waals surface area (Å²) >= 11 is 1.74. The summed E-state index contributed by atoms with van der Waals surface area (Å²) in [5, 5.41) is 4.54. The standard InChI is InChI=1S/C20H19N3S/c1-15-9-10-18-19(12-15)24-20(22-18)23-11-5-8-17(23)14-21-13-16-6-3-2-4-7-16/h2-12,21H,13-14H2,1H3. The van der Waals surface area contributed by atoms with Crippen molar-refractivity contribution in [2.24, 2.45) is 0 Å². The molecule has 0 atom stereocenters. The van der Waals surface area contributed by atoms with Crippen LogP contribution in [0.15, 0.2) is 66.9 Å². The molecule has 1 N–H and O–H groups in total. The second kappa shape index (κ2) is 6.59. The summed E-state index contributed by atoms with van der Waals surface area (Å²) in [5.74, 6) is 0. The second-order valence-corrected chi connectivity index (χ2v) is 6.94. The molecule has 4 rings (SSSR count). The van der Waals surface area contributed by atoms with Crippen LogP contribution in [0.25, 0.3) is 15.3 Å². The van der Waals surface area contributed by atoms with Crippen LogP contribution in [0.1, 0.15) is 16.8 Å².